The Hall–Kier alpha value is -0.870. The van der Waals surface area contributed by atoms with Gasteiger partial charge < -0.3 is 10.0 Å². The van der Waals surface area contributed by atoms with Crippen LogP contribution in [0.15, 0.2) is 11.8 Å². The van der Waals surface area contributed by atoms with E-state index in [1.165, 1.54) is 0 Å². The normalized spacial score (nSPS) is 15.6. The molecular formula is C11H20N2O2. The maximum atomic E-state index is 11.8. The monoisotopic (exact) mass is 212 g/mol. The first-order valence-corrected chi connectivity index (χ1v) is 5.40. The third kappa shape index (κ3) is 3.64. The number of hydrogen-bond donors (Lipinski definition) is 1. The smallest absolute Gasteiger partial charge is 0.240 e. The Morgan fingerprint density at radius 3 is 2.80 bits per heavy atom. The van der Waals surface area contributed by atoms with Crippen molar-refractivity contribution in [2.24, 2.45) is 0 Å². The second kappa shape index (κ2) is 5.88. The predicted molar refractivity (Wildman–Crippen MR) is 59.3 cm³/mol. The lowest BCUT2D eigenvalue weighted by Gasteiger charge is -2.22. The van der Waals surface area contributed by atoms with Crippen LogP contribution >= 0.6 is 0 Å². The molecule has 0 fully saturated rings. The van der Waals surface area contributed by atoms with Gasteiger partial charge in [0, 0.05) is 19.3 Å². The number of nitrogens with zero attached hydrogens (tertiary/aromatic N) is 2. The van der Waals surface area contributed by atoms with Crippen molar-refractivity contribution >= 4 is 5.91 Å². The zero-order valence-electron chi connectivity index (χ0n) is 9.57. The Morgan fingerprint density at radius 2 is 2.27 bits per heavy atom. The van der Waals surface area contributed by atoms with E-state index in [4.69, 9.17) is 5.11 Å². The van der Waals surface area contributed by atoms with E-state index in [0.29, 0.717) is 13.1 Å². The molecule has 1 aliphatic rings. The Morgan fingerprint density at radius 1 is 1.53 bits per heavy atom. The molecule has 15 heavy (non-hydrogen) atoms. The quantitative estimate of drug-likeness (QED) is 0.719. The van der Waals surface area contributed by atoms with Gasteiger partial charge in [-0.25, -0.2) is 0 Å². The maximum absolute atomic E-state index is 11.8. The van der Waals surface area contributed by atoms with Gasteiger partial charge in [-0.15, -0.1) is 0 Å². The van der Waals surface area contributed by atoms with Gasteiger partial charge in [-0.1, -0.05) is 6.08 Å². The number of hydrogen-bond acceptors (Lipinski definition) is 3. The van der Waals surface area contributed by atoms with Gasteiger partial charge >= 0.3 is 0 Å². The van der Waals surface area contributed by atoms with E-state index < -0.39 is 0 Å². The average Bonchev–Trinajstić information content (AvgIpc) is 2.69. The Kier molecular flexibility index (Phi) is 4.78. The summed E-state index contributed by atoms with van der Waals surface area (Å²) in [6.07, 6.45) is 5.37. The average molecular weight is 212 g/mol. The van der Waals surface area contributed by atoms with Gasteiger partial charge in [0.1, 0.15) is 0 Å². The molecule has 1 aliphatic carbocycles. The van der Waals surface area contributed by atoms with Crippen molar-refractivity contribution in [1.82, 2.24) is 9.80 Å². The summed E-state index contributed by atoms with van der Waals surface area (Å²) in [6, 6.07) is 0. The third-order valence-corrected chi connectivity index (χ3v) is 2.71. The summed E-state index contributed by atoms with van der Waals surface area (Å²) >= 11 is 0. The molecule has 0 atom stereocenters. The van der Waals surface area contributed by atoms with Crippen LogP contribution in [0.3, 0.4) is 0 Å². The fourth-order valence-electron chi connectivity index (χ4n) is 1.71. The lowest BCUT2D eigenvalue weighted by Crippen LogP contribution is -2.37. The van der Waals surface area contributed by atoms with Crippen LogP contribution in [0.4, 0.5) is 0 Å². The minimum atomic E-state index is 0.0934. The van der Waals surface area contributed by atoms with Gasteiger partial charge in [-0.2, -0.15) is 0 Å². The summed E-state index contributed by atoms with van der Waals surface area (Å²) in [5, 5.41) is 8.72. The molecule has 0 aromatic heterocycles. The van der Waals surface area contributed by atoms with Crippen molar-refractivity contribution in [2.45, 2.75) is 19.3 Å². The molecule has 86 valence electrons. The molecule has 0 heterocycles. The van der Waals surface area contributed by atoms with Crippen LogP contribution in [0, 0.1) is 0 Å². The standard InChI is InChI=1S/C11H20N2O2/c1-12(7-8-14)9-11(15)13(2)10-5-3-4-6-10/h5,14H,3-4,6-9H2,1-2H3. The highest BCUT2D eigenvalue weighted by Crippen LogP contribution is 2.20. The van der Waals surface area contributed by atoms with Crippen LogP contribution in [0.1, 0.15) is 19.3 Å². The lowest BCUT2D eigenvalue weighted by molar-refractivity contribution is -0.129. The number of carbonyl (C=O) groups excluding carboxylic acids is 1. The zero-order valence-corrected chi connectivity index (χ0v) is 9.57. The van der Waals surface area contributed by atoms with Crippen molar-refractivity contribution in [3.63, 3.8) is 0 Å². The van der Waals surface area contributed by atoms with Crippen molar-refractivity contribution < 1.29 is 9.90 Å². The second-order valence-electron chi connectivity index (χ2n) is 4.00. The van der Waals surface area contributed by atoms with E-state index in [1.807, 2.05) is 19.0 Å². The summed E-state index contributed by atoms with van der Waals surface area (Å²) in [4.78, 5) is 15.3. The first-order chi connectivity index (χ1) is 7.15. The van der Waals surface area contributed by atoms with Gasteiger partial charge in [0.15, 0.2) is 0 Å². The Balaban J connectivity index is 2.39. The number of allylic oxidation sites excluding steroid dienone is 2. The minimum absolute atomic E-state index is 0.0934. The summed E-state index contributed by atoms with van der Waals surface area (Å²) < 4.78 is 0. The van der Waals surface area contributed by atoms with Crippen molar-refractivity contribution in [1.29, 1.82) is 0 Å². The van der Waals surface area contributed by atoms with Crippen LogP contribution in [0.25, 0.3) is 0 Å². The summed E-state index contributed by atoms with van der Waals surface area (Å²) in [5.41, 5.74) is 1.14. The lowest BCUT2D eigenvalue weighted by atomic mass is 10.3. The molecule has 0 spiro atoms. The molecule has 0 unspecified atom stereocenters. The predicted octanol–water partition coefficient (Wildman–Crippen LogP) is 0.437. The number of aliphatic hydroxyl groups is 1. The number of likely N-dealkylation sites (N-methyl/N-ethyl adjacent to an activating group) is 2. The van der Waals surface area contributed by atoms with Crippen molar-refractivity contribution in [3.8, 4) is 0 Å². The largest absolute Gasteiger partial charge is 0.395 e. The van der Waals surface area contributed by atoms with E-state index in [0.717, 1.165) is 25.0 Å². The van der Waals surface area contributed by atoms with Crippen LogP contribution in [-0.2, 0) is 4.79 Å². The fourth-order valence-corrected chi connectivity index (χ4v) is 1.71. The van der Waals surface area contributed by atoms with Crippen LogP contribution in [0.5, 0.6) is 0 Å². The summed E-state index contributed by atoms with van der Waals surface area (Å²) in [7, 11) is 3.66. The summed E-state index contributed by atoms with van der Waals surface area (Å²) in [5.74, 6) is 0.0964. The van der Waals surface area contributed by atoms with Gasteiger partial charge in [-0.3, -0.25) is 9.69 Å². The number of amides is 1. The van der Waals surface area contributed by atoms with Crippen LogP contribution < -0.4 is 0 Å². The first kappa shape index (κ1) is 12.2. The molecule has 4 heteroatoms. The van der Waals surface area contributed by atoms with E-state index in [2.05, 4.69) is 6.08 Å². The third-order valence-electron chi connectivity index (χ3n) is 2.71. The molecule has 0 radical (unpaired) electrons. The highest BCUT2D eigenvalue weighted by Gasteiger charge is 2.16. The van der Waals surface area contributed by atoms with E-state index in [-0.39, 0.29) is 12.5 Å². The molecule has 4 nitrogen and oxygen atoms in total. The molecule has 0 aromatic rings. The molecule has 1 rings (SSSR count). The number of carbonyl (C=O) groups is 1. The molecule has 0 bridgehead atoms. The first-order valence-electron chi connectivity index (χ1n) is 5.40. The molecule has 0 saturated heterocycles. The molecule has 0 saturated carbocycles. The molecule has 1 amide bonds. The van der Waals surface area contributed by atoms with Gasteiger partial charge in [0.05, 0.1) is 13.2 Å². The maximum Gasteiger partial charge on any atom is 0.240 e. The SMILES string of the molecule is CN(CCO)CC(=O)N(C)C1=CCCC1. The Labute approximate surface area is 91.2 Å². The second-order valence-corrected chi connectivity index (χ2v) is 4.00. The highest BCUT2D eigenvalue weighted by molar-refractivity contribution is 5.79. The van der Waals surface area contributed by atoms with Crippen molar-refractivity contribution in [2.75, 3.05) is 33.8 Å². The van der Waals surface area contributed by atoms with Crippen molar-refractivity contribution in [3.05, 3.63) is 11.8 Å². The van der Waals surface area contributed by atoms with E-state index in [9.17, 15) is 4.79 Å². The van der Waals surface area contributed by atoms with Gasteiger partial charge in [0.2, 0.25) is 5.91 Å². The molecule has 1 N–H and O–H groups in total. The number of aliphatic hydroxyl groups excluding tert-OH is 1. The van der Waals surface area contributed by atoms with Gasteiger partial charge in [-0.05, 0) is 26.3 Å². The molecule has 0 aromatic carbocycles. The van der Waals surface area contributed by atoms with E-state index >= 15 is 0 Å². The number of rotatable bonds is 5. The van der Waals surface area contributed by atoms with Gasteiger partial charge in [0.25, 0.3) is 0 Å². The summed E-state index contributed by atoms with van der Waals surface area (Å²) in [6.45, 7) is 1.00. The zero-order chi connectivity index (χ0) is 11.3. The topological polar surface area (TPSA) is 43.8 Å². The minimum Gasteiger partial charge on any atom is -0.395 e. The van der Waals surface area contributed by atoms with Crippen LogP contribution in [0.2, 0.25) is 0 Å². The molecular weight excluding hydrogens is 192 g/mol. The van der Waals surface area contributed by atoms with Crippen LogP contribution in [-0.4, -0.2) is 54.6 Å². The Bertz CT molecular complexity index is 251. The molecule has 0 aliphatic heterocycles. The van der Waals surface area contributed by atoms with E-state index in [1.54, 1.807) is 4.90 Å². The highest BCUT2D eigenvalue weighted by atomic mass is 16.3. The fraction of sp³-hybridized carbons (Fsp3) is 0.727.